The van der Waals surface area contributed by atoms with E-state index in [4.69, 9.17) is 0 Å². The molecule has 8 heteroatoms. The van der Waals surface area contributed by atoms with Crippen molar-refractivity contribution in [3.05, 3.63) is 40.2 Å². The third-order valence-corrected chi connectivity index (χ3v) is 4.20. The zero-order valence-electron chi connectivity index (χ0n) is 13.0. The SMILES string of the molecule is CNc1nc(C)c(C(=O)NCC(=O)Nc2ccc(C)cc2F)s1. The molecular formula is C15H17FN4O2S. The number of hydrogen-bond donors (Lipinski definition) is 3. The zero-order valence-corrected chi connectivity index (χ0v) is 13.8. The average molecular weight is 336 g/mol. The maximum atomic E-state index is 13.7. The smallest absolute Gasteiger partial charge is 0.263 e. The summed E-state index contributed by atoms with van der Waals surface area (Å²) in [5.74, 6) is -1.40. The summed E-state index contributed by atoms with van der Waals surface area (Å²) in [6.07, 6.45) is 0. The predicted octanol–water partition coefficient (Wildman–Crippen LogP) is 2.31. The molecule has 0 saturated carbocycles. The summed E-state index contributed by atoms with van der Waals surface area (Å²) in [4.78, 5) is 28.5. The van der Waals surface area contributed by atoms with E-state index >= 15 is 0 Å². The van der Waals surface area contributed by atoms with Gasteiger partial charge in [0.2, 0.25) is 5.91 Å². The normalized spacial score (nSPS) is 10.3. The second-order valence-electron chi connectivity index (χ2n) is 4.90. The number of thiazole rings is 1. The van der Waals surface area contributed by atoms with Crippen molar-refractivity contribution >= 4 is 34.0 Å². The fourth-order valence-electron chi connectivity index (χ4n) is 1.87. The van der Waals surface area contributed by atoms with Gasteiger partial charge in [-0.25, -0.2) is 9.37 Å². The molecule has 1 heterocycles. The number of aryl methyl sites for hydroxylation is 2. The largest absolute Gasteiger partial charge is 0.365 e. The Labute approximate surface area is 137 Å². The fraction of sp³-hybridized carbons (Fsp3) is 0.267. The van der Waals surface area contributed by atoms with Crippen LogP contribution >= 0.6 is 11.3 Å². The molecule has 0 aliphatic heterocycles. The van der Waals surface area contributed by atoms with Crippen LogP contribution in [-0.4, -0.2) is 30.4 Å². The second-order valence-corrected chi connectivity index (χ2v) is 5.90. The van der Waals surface area contributed by atoms with E-state index in [0.717, 1.165) is 5.56 Å². The summed E-state index contributed by atoms with van der Waals surface area (Å²) >= 11 is 1.20. The summed E-state index contributed by atoms with van der Waals surface area (Å²) in [5.41, 5.74) is 1.43. The molecule has 0 bridgehead atoms. The van der Waals surface area contributed by atoms with Crippen LogP contribution in [0.2, 0.25) is 0 Å². The first-order chi connectivity index (χ1) is 10.9. The first-order valence-corrected chi connectivity index (χ1v) is 7.71. The number of benzene rings is 1. The van der Waals surface area contributed by atoms with Crippen molar-refractivity contribution in [2.45, 2.75) is 13.8 Å². The van der Waals surface area contributed by atoms with Gasteiger partial charge < -0.3 is 16.0 Å². The van der Waals surface area contributed by atoms with Crippen molar-refractivity contribution in [1.29, 1.82) is 0 Å². The fourth-order valence-corrected chi connectivity index (χ4v) is 2.71. The number of aromatic nitrogens is 1. The summed E-state index contributed by atoms with van der Waals surface area (Å²) < 4.78 is 13.7. The van der Waals surface area contributed by atoms with Crippen molar-refractivity contribution < 1.29 is 14.0 Å². The Kier molecular flexibility index (Phi) is 5.28. The van der Waals surface area contributed by atoms with Crippen LogP contribution < -0.4 is 16.0 Å². The number of carbonyl (C=O) groups excluding carboxylic acids is 2. The lowest BCUT2D eigenvalue weighted by Crippen LogP contribution is -2.33. The van der Waals surface area contributed by atoms with Crippen LogP contribution in [0.4, 0.5) is 15.2 Å². The molecule has 0 unspecified atom stereocenters. The van der Waals surface area contributed by atoms with Crippen LogP contribution in [0, 0.1) is 19.7 Å². The van der Waals surface area contributed by atoms with Crippen LogP contribution in [0.3, 0.4) is 0 Å². The van der Waals surface area contributed by atoms with Gasteiger partial charge in [0.25, 0.3) is 5.91 Å². The molecule has 1 aromatic carbocycles. The number of halogens is 1. The zero-order chi connectivity index (χ0) is 17.0. The van der Waals surface area contributed by atoms with E-state index in [1.54, 1.807) is 27.0 Å². The van der Waals surface area contributed by atoms with Crippen LogP contribution in [0.5, 0.6) is 0 Å². The molecule has 2 aromatic rings. The van der Waals surface area contributed by atoms with Crippen molar-refractivity contribution in [2.24, 2.45) is 0 Å². The van der Waals surface area contributed by atoms with Gasteiger partial charge in [-0.2, -0.15) is 0 Å². The van der Waals surface area contributed by atoms with Gasteiger partial charge in [0.15, 0.2) is 5.13 Å². The number of anilines is 2. The van der Waals surface area contributed by atoms with E-state index in [2.05, 4.69) is 20.9 Å². The van der Waals surface area contributed by atoms with Gasteiger partial charge in [0, 0.05) is 7.05 Å². The maximum Gasteiger partial charge on any atom is 0.263 e. The van der Waals surface area contributed by atoms with Gasteiger partial charge in [0.05, 0.1) is 17.9 Å². The third kappa shape index (κ3) is 4.26. The average Bonchev–Trinajstić information content (AvgIpc) is 2.89. The van der Waals surface area contributed by atoms with E-state index in [0.29, 0.717) is 15.7 Å². The van der Waals surface area contributed by atoms with Crippen LogP contribution in [-0.2, 0) is 4.79 Å². The molecule has 0 aliphatic carbocycles. The minimum absolute atomic E-state index is 0.0845. The van der Waals surface area contributed by atoms with Crippen LogP contribution in [0.25, 0.3) is 0 Å². The summed E-state index contributed by atoms with van der Waals surface area (Å²) in [5, 5.41) is 8.40. The molecule has 2 rings (SSSR count). The van der Waals surface area contributed by atoms with Gasteiger partial charge >= 0.3 is 0 Å². The Bertz CT molecular complexity index is 745. The summed E-state index contributed by atoms with van der Waals surface area (Å²) in [6, 6.07) is 4.50. The maximum absolute atomic E-state index is 13.7. The van der Waals surface area contributed by atoms with Crippen LogP contribution in [0.15, 0.2) is 18.2 Å². The Morgan fingerprint density at radius 1 is 1.30 bits per heavy atom. The predicted molar refractivity (Wildman–Crippen MR) is 88.5 cm³/mol. The molecule has 122 valence electrons. The molecule has 6 nitrogen and oxygen atoms in total. The lowest BCUT2D eigenvalue weighted by molar-refractivity contribution is -0.115. The van der Waals surface area contributed by atoms with Crippen molar-refractivity contribution in [2.75, 3.05) is 24.2 Å². The molecular weight excluding hydrogens is 319 g/mol. The van der Waals surface area contributed by atoms with E-state index in [-0.39, 0.29) is 18.1 Å². The molecule has 0 fully saturated rings. The molecule has 0 spiro atoms. The quantitative estimate of drug-likeness (QED) is 0.782. The lowest BCUT2D eigenvalue weighted by atomic mass is 10.2. The molecule has 0 aliphatic rings. The topological polar surface area (TPSA) is 83.1 Å². The second kappa shape index (κ2) is 7.19. The number of hydrogen-bond acceptors (Lipinski definition) is 5. The highest BCUT2D eigenvalue weighted by molar-refractivity contribution is 7.17. The van der Waals surface area contributed by atoms with Gasteiger partial charge in [-0.1, -0.05) is 17.4 Å². The minimum Gasteiger partial charge on any atom is -0.365 e. The number of carbonyl (C=O) groups is 2. The summed E-state index contributed by atoms with van der Waals surface area (Å²) in [7, 11) is 1.71. The van der Waals surface area contributed by atoms with Crippen molar-refractivity contribution in [3.8, 4) is 0 Å². The summed E-state index contributed by atoms with van der Waals surface area (Å²) in [6.45, 7) is 3.22. The monoisotopic (exact) mass is 336 g/mol. The first kappa shape index (κ1) is 16.9. The standard InChI is InChI=1S/C15H17FN4O2S/c1-8-4-5-11(10(16)6-8)20-12(21)7-18-14(22)13-9(2)19-15(17-3)23-13/h4-6H,7H2,1-3H3,(H,17,19)(H,18,22)(H,20,21). The molecule has 1 aromatic heterocycles. The van der Waals surface area contributed by atoms with E-state index in [1.807, 2.05) is 0 Å². The van der Waals surface area contributed by atoms with Crippen molar-refractivity contribution in [3.63, 3.8) is 0 Å². The third-order valence-electron chi connectivity index (χ3n) is 3.02. The number of nitrogens with one attached hydrogen (secondary N) is 3. The lowest BCUT2D eigenvalue weighted by Gasteiger charge is -2.08. The number of rotatable bonds is 5. The Balaban J connectivity index is 1.93. The Morgan fingerprint density at radius 3 is 2.65 bits per heavy atom. The minimum atomic E-state index is -0.512. The van der Waals surface area contributed by atoms with E-state index in [1.165, 1.54) is 23.5 Å². The van der Waals surface area contributed by atoms with Crippen molar-refractivity contribution in [1.82, 2.24) is 10.3 Å². The van der Waals surface area contributed by atoms with E-state index < -0.39 is 11.7 Å². The molecule has 0 atom stereocenters. The first-order valence-electron chi connectivity index (χ1n) is 6.90. The highest BCUT2D eigenvalue weighted by Crippen LogP contribution is 2.21. The highest BCUT2D eigenvalue weighted by Gasteiger charge is 2.16. The molecule has 0 saturated heterocycles. The number of nitrogens with zero attached hydrogens (tertiary/aromatic N) is 1. The van der Waals surface area contributed by atoms with E-state index in [9.17, 15) is 14.0 Å². The molecule has 23 heavy (non-hydrogen) atoms. The van der Waals surface area contributed by atoms with Crippen LogP contribution in [0.1, 0.15) is 20.9 Å². The van der Waals surface area contributed by atoms with Gasteiger partial charge in [-0.15, -0.1) is 0 Å². The Morgan fingerprint density at radius 2 is 2.04 bits per heavy atom. The van der Waals surface area contributed by atoms with Gasteiger partial charge in [0.1, 0.15) is 10.7 Å². The molecule has 0 radical (unpaired) electrons. The Hall–Kier alpha value is -2.48. The van der Waals surface area contributed by atoms with Gasteiger partial charge in [-0.3, -0.25) is 9.59 Å². The van der Waals surface area contributed by atoms with Gasteiger partial charge in [-0.05, 0) is 31.5 Å². The molecule has 2 amide bonds. The molecule has 3 N–H and O–H groups in total. The number of amides is 2. The highest BCUT2D eigenvalue weighted by atomic mass is 32.1.